The van der Waals surface area contributed by atoms with Crippen LogP contribution < -0.4 is 4.90 Å². The molecule has 2 heterocycles. The highest BCUT2D eigenvalue weighted by Gasteiger charge is 2.37. The number of fused-ring (bicyclic) bond motifs is 1. The SMILES string of the molecule is Cc1ccc(CN2C[C@H](C(=O)N3CCCc4ccccc43)CC2=O)cc1. The molecule has 1 atom stereocenters. The second-order valence-electron chi connectivity index (χ2n) is 7.38. The van der Waals surface area contributed by atoms with Gasteiger partial charge in [0, 0.05) is 31.7 Å². The largest absolute Gasteiger partial charge is 0.338 e. The summed E-state index contributed by atoms with van der Waals surface area (Å²) in [6.45, 7) is 3.90. The highest BCUT2D eigenvalue weighted by Crippen LogP contribution is 2.30. The van der Waals surface area contributed by atoms with Gasteiger partial charge >= 0.3 is 0 Å². The van der Waals surface area contributed by atoms with Crippen molar-refractivity contribution >= 4 is 17.5 Å². The summed E-state index contributed by atoms with van der Waals surface area (Å²) in [5, 5.41) is 0. The lowest BCUT2D eigenvalue weighted by molar-refractivity contribution is -0.128. The van der Waals surface area contributed by atoms with Crippen molar-refractivity contribution in [1.82, 2.24) is 4.90 Å². The summed E-state index contributed by atoms with van der Waals surface area (Å²) in [4.78, 5) is 29.3. The monoisotopic (exact) mass is 348 g/mol. The van der Waals surface area contributed by atoms with Crippen molar-refractivity contribution in [2.45, 2.75) is 32.7 Å². The van der Waals surface area contributed by atoms with Gasteiger partial charge in [0.05, 0.1) is 5.92 Å². The molecule has 2 aromatic carbocycles. The molecule has 4 rings (SSSR count). The van der Waals surface area contributed by atoms with E-state index in [2.05, 4.69) is 37.3 Å². The van der Waals surface area contributed by atoms with Crippen molar-refractivity contribution in [3.8, 4) is 0 Å². The number of aryl methyl sites for hydroxylation is 2. The van der Waals surface area contributed by atoms with Crippen molar-refractivity contribution in [1.29, 1.82) is 0 Å². The number of hydrogen-bond donors (Lipinski definition) is 0. The molecule has 4 heteroatoms. The van der Waals surface area contributed by atoms with Crippen molar-refractivity contribution in [2.24, 2.45) is 5.92 Å². The fourth-order valence-electron chi connectivity index (χ4n) is 3.99. The van der Waals surface area contributed by atoms with E-state index in [0.29, 0.717) is 19.5 Å². The maximum Gasteiger partial charge on any atom is 0.232 e. The summed E-state index contributed by atoms with van der Waals surface area (Å²) in [6, 6.07) is 16.3. The van der Waals surface area contributed by atoms with Crippen LogP contribution in [0.4, 0.5) is 5.69 Å². The number of likely N-dealkylation sites (tertiary alicyclic amines) is 1. The number of carbonyl (C=O) groups is 2. The molecular weight excluding hydrogens is 324 g/mol. The molecule has 0 bridgehead atoms. The predicted molar refractivity (Wildman–Crippen MR) is 102 cm³/mol. The van der Waals surface area contributed by atoms with Crippen molar-refractivity contribution in [2.75, 3.05) is 18.0 Å². The third-order valence-corrected chi connectivity index (χ3v) is 5.43. The summed E-state index contributed by atoms with van der Waals surface area (Å²) in [5.74, 6) is -0.0646. The molecule has 0 spiro atoms. The van der Waals surface area contributed by atoms with Crippen molar-refractivity contribution in [3.63, 3.8) is 0 Å². The summed E-state index contributed by atoms with van der Waals surface area (Å²) in [7, 11) is 0. The quantitative estimate of drug-likeness (QED) is 0.854. The number of para-hydroxylation sites is 1. The van der Waals surface area contributed by atoms with Crippen molar-refractivity contribution < 1.29 is 9.59 Å². The lowest BCUT2D eigenvalue weighted by Gasteiger charge is -2.31. The molecule has 0 aromatic heterocycles. The molecule has 134 valence electrons. The fourth-order valence-corrected chi connectivity index (χ4v) is 3.99. The third-order valence-electron chi connectivity index (χ3n) is 5.43. The Morgan fingerprint density at radius 2 is 1.88 bits per heavy atom. The average molecular weight is 348 g/mol. The molecule has 2 amide bonds. The summed E-state index contributed by atoms with van der Waals surface area (Å²) in [5.41, 5.74) is 4.57. The number of nitrogens with zero attached hydrogens (tertiary/aromatic N) is 2. The van der Waals surface area contributed by atoms with Crippen LogP contribution in [0.5, 0.6) is 0 Å². The Morgan fingerprint density at radius 3 is 2.69 bits per heavy atom. The number of anilines is 1. The summed E-state index contributed by atoms with van der Waals surface area (Å²) >= 11 is 0. The lowest BCUT2D eigenvalue weighted by Crippen LogP contribution is -2.40. The molecule has 1 fully saturated rings. The van der Waals surface area contributed by atoms with Gasteiger partial charge in [-0.15, -0.1) is 0 Å². The van der Waals surface area contributed by atoms with Crippen LogP contribution in [-0.2, 0) is 22.6 Å². The smallest absolute Gasteiger partial charge is 0.232 e. The Kier molecular flexibility index (Phi) is 4.49. The van der Waals surface area contributed by atoms with Gasteiger partial charge in [0.1, 0.15) is 0 Å². The van der Waals surface area contributed by atoms with Gasteiger partial charge in [0.15, 0.2) is 0 Å². The second-order valence-corrected chi connectivity index (χ2v) is 7.38. The van der Waals surface area contributed by atoms with E-state index in [1.165, 1.54) is 11.1 Å². The van der Waals surface area contributed by atoms with Gasteiger partial charge in [0.2, 0.25) is 11.8 Å². The second kappa shape index (κ2) is 6.94. The Labute approximate surface area is 154 Å². The van der Waals surface area contributed by atoms with E-state index in [4.69, 9.17) is 0 Å². The van der Waals surface area contributed by atoms with Gasteiger partial charge in [0.25, 0.3) is 0 Å². The zero-order valence-corrected chi connectivity index (χ0v) is 15.1. The highest BCUT2D eigenvalue weighted by atomic mass is 16.2. The Balaban J connectivity index is 1.47. The van der Waals surface area contributed by atoms with Crippen LogP contribution in [0, 0.1) is 12.8 Å². The van der Waals surface area contributed by atoms with Gasteiger partial charge in [-0.2, -0.15) is 0 Å². The average Bonchev–Trinajstić information content (AvgIpc) is 3.03. The standard InChI is InChI=1S/C22H24N2O2/c1-16-8-10-17(11-9-16)14-23-15-19(13-21(23)25)22(26)24-12-4-6-18-5-2-3-7-20(18)24/h2-3,5,7-11,19H,4,6,12-15H2,1H3/t19-/m1/s1. The number of hydrogen-bond acceptors (Lipinski definition) is 2. The van der Waals surface area contributed by atoms with Crippen LogP contribution in [0.25, 0.3) is 0 Å². The van der Waals surface area contributed by atoms with Crippen LogP contribution in [-0.4, -0.2) is 29.8 Å². The van der Waals surface area contributed by atoms with Gasteiger partial charge in [-0.25, -0.2) is 0 Å². The van der Waals surface area contributed by atoms with Crippen LogP contribution in [0.1, 0.15) is 29.5 Å². The van der Waals surface area contributed by atoms with E-state index in [9.17, 15) is 9.59 Å². The fraction of sp³-hybridized carbons (Fsp3) is 0.364. The van der Waals surface area contributed by atoms with Gasteiger partial charge < -0.3 is 9.80 Å². The summed E-state index contributed by atoms with van der Waals surface area (Å²) in [6.07, 6.45) is 2.32. The molecule has 26 heavy (non-hydrogen) atoms. The van der Waals surface area contributed by atoms with E-state index < -0.39 is 0 Å². The minimum absolute atomic E-state index is 0.0780. The lowest BCUT2D eigenvalue weighted by atomic mass is 9.99. The molecule has 1 saturated heterocycles. The minimum Gasteiger partial charge on any atom is -0.338 e. The normalized spacial score (nSPS) is 19.6. The van der Waals surface area contributed by atoms with Gasteiger partial charge in [-0.3, -0.25) is 9.59 Å². The van der Waals surface area contributed by atoms with Crippen LogP contribution in [0.2, 0.25) is 0 Å². The molecule has 0 unspecified atom stereocenters. The van der Waals surface area contributed by atoms with Crippen LogP contribution in [0.15, 0.2) is 48.5 Å². The van der Waals surface area contributed by atoms with E-state index in [0.717, 1.165) is 30.6 Å². The Bertz CT molecular complexity index is 828. The first kappa shape index (κ1) is 16.8. The molecule has 2 aliphatic rings. The molecule has 2 aromatic rings. The van der Waals surface area contributed by atoms with E-state index in [-0.39, 0.29) is 17.7 Å². The third kappa shape index (κ3) is 3.24. The van der Waals surface area contributed by atoms with Crippen molar-refractivity contribution in [3.05, 3.63) is 65.2 Å². The Morgan fingerprint density at radius 1 is 1.12 bits per heavy atom. The molecule has 4 nitrogen and oxygen atoms in total. The molecular formula is C22H24N2O2. The number of carbonyl (C=O) groups excluding carboxylic acids is 2. The first-order valence-electron chi connectivity index (χ1n) is 9.34. The van der Waals surface area contributed by atoms with E-state index in [1.807, 2.05) is 28.0 Å². The number of amides is 2. The van der Waals surface area contributed by atoms with E-state index in [1.54, 1.807) is 0 Å². The molecule has 0 radical (unpaired) electrons. The zero-order chi connectivity index (χ0) is 18.1. The topological polar surface area (TPSA) is 40.6 Å². The predicted octanol–water partition coefficient (Wildman–Crippen LogP) is 3.32. The number of rotatable bonds is 3. The van der Waals surface area contributed by atoms with E-state index >= 15 is 0 Å². The van der Waals surface area contributed by atoms with Gasteiger partial charge in [-0.1, -0.05) is 48.0 Å². The van der Waals surface area contributed by atoms with Crippen LogP contribution >= 0.6 is 0 Å². The maximum atomic E-state index is 13.1. The first-order chi connectivity index (χ1) is 12.6. The minimum atomic E-state index is -0.237. The zero-order valence-electron chi connectivity index (χ0n) is 15.1. The Hall–Kier alpha value is -2.62. The molecule has 2 aliphatic heterocycles. The maximum absolute atomic E-state index is 13.1. The highest BCUT2D eigenvalue weighted by molar-refractivity contribution is 5.99. The first-order valence-corrected chi connectivity index (χ1v) is 9.34. The van der Waals surface area contributed by atoms with Crippen LogP contribution in [0.3, 0.4) is 0 Å². The summed E-state index contributed by atoms with van der Waals surface area (Å²) < 4.78 is 0. The number of benzene rings is 2. The molecule has 0 saturated carbocycles. The molecule has 0 aliphatic carbocycles. The molecule has 0 N–H and O–H groups in total. The van der Waals surface area contributed by atoms with Gasteiger partial charge in [-0.05, 0) is 37.0 Å².